The highest BCUT2D eigenvalue weighted by Gasteiger charge is 2.38. The summed E-state index contributed by atoms with van der Waals surface area (Å²) in [5.74, 6) is 0.252. The van der Waals surface area contributed by atoms with Crippen molar-refractivity contribution in [2.24, 2.45) is 0 Å². The fraction of sp³-hybridized carbons (Fsp3) is 0.370. The Kier molecular flexibility index (Phi) is 8.20. The monoisotopic (exact) mass is 566 g/mol. The van der Waals surface area contributed by atoms with Gasteiger partial charge in [0.25, 0.3) is 0 Å². The average Bonchev–Trinajstić information content (AvgIpc) is 3.39. The van der Waals surface area contributed by atoms with Gasteiger partial charge in [0.1, 0.15) is 5.75 Å². The molecule has 11 heteroatoms. The van der Waals surface area contributed by atoms with E-state index >= 15 is 0 Å². The number of sulfonamides is 1. The lowest BCUT2D eigenvalue weighted by Crippen LogP contribution is -2.49. The first kappa shape index (κ1) is 28.1. The molecule has 6 nitrogen and oxygen atoms in total. The van der Waals surface area contributed by atoms with Crippen LogP contribution in [0.1, 0.15) is 47.9 Å². The van der Waals surface area contributed by atoms with Crippen molar-refractivity contribution >= 4 is 27.3 Å². The maximum atomic E-state index is 13.8. The molecule has 38 heavy (non-hydrogen) atoms. The molecule has 1 amide bonds. The summed E-state index contributed by atoms with van der Waals surface area (Å²) < 4.78 is 73.4. The zero-order valence-corrected chi connectivity index (χ0v) is 22.9. The van der Waals surface area contributed by atoms with Crippen LogP contribution in [0.4, 0.5) is 13.2 Å². The zero-order valence-electron chi connectivity index (χ0n) is 21.2. The second-order valence-electron chi connectivity index (χ2n) is 9.15. The third kappa shape index (κ3) is 5.60. The van der Waals surface area contributed by atoms with Crippen molar-refractivity contribution in [2.75, 3.05) is 20.2 Å². The van der Waals surface area contributed by atoms with Crippen molar-refractivity contribution in [1.82, 2.24) is 9.21 Å². The molecule has 1 aliphatic rings. The van der Waals surface area contributed by atoms with Crippen molar-refractivity contribution in [3.8, 4) is 5.75 Å². The van der Waals surface area contributed by atoms with E-state index in [9.17, 15) is 26.4 Å². The van der Waals surface area contributed by atoms with E-state index in [1.165, 1.54) is 0 Å². The third-order valence-corrected chi connectivity index (χ3v) is 9.81. The number of nitrogens with zero attached hydrogens (tertiary/aromatic N) is 2. The number of carbonyl (C=O) groups excluding carboxylic acids is 1. The zero-order chi connectivity index (χ0) is 27.7. The van der Waals surface area contributed by atoms with Crippen LogP contribution in [0.2, 0.25) is 0 Å². The van der Waals surface area contributed by atoms with Crippen LogP contribution in [0.3, 0.4) is 0 Å². The number of rotatable bonds is 8. The summed E-state index contributed by atoms with van der Waals surface area (Å²) in [6.07, 6.45) is -3.68. The van der Waals surface area contributed by atoms with Crippen LogP contribution >= 0.6 is 11.3 Å². The van der Waals surface area contributed by atoms with Gasteiger partial charge < -0.3 is 9.64 Å². The van der Waals surface area contributed by atoms with E-state index in [1.807, 2.05) is 35.7 Å². The first-order valence-electron chi connectivity index (χ1n) is 12.2. The SMILES string of the molecule is CCC(C)N(CC(=O)N1CCc2sccc2C1c1ccc(OC)cc1)S(=O)(=O)c1cccc(C(F)(F)F)c1. The van der Waals surface area contributed by atoms with Crippen LogP contribution in [0.15, 0.2) is 64.9 Å². The molecule has 1 aromatic heterocycles. The van der Waals surface area contributed by atoms with E-state index in [2.05, 4.69) is 0 Å². The molecule has 204 valence electrons. The number of hydrogen-bond donors (Lipinski definition) is 0. The molecule has 0 bridgehead atoms. The molecule has 0 saturated heterocycles. The maximum Gasteiger partial charge on any atom is 0.416 e. The van der Waals surface area contributed by atoms with E-state index in [-0.39, 0.29) is 0 Å². The number of ether oxygens (including phenoxy) is 1. The van der Waals surface area contributed by atoms with Crippen molar-refractivity contribution < 1.29 is 31.1 Å². The number of hydrogen-bond acceptors (Lipinski definition) is 5. The van der Waals surface area contributed by atoms with E-state index in [1.54, 1.807) is 37.2 Å². The van der Waals surface area contributed by atoms with Gasteiger partial charge in [0.15, 0.2) is 0 Å². The summed E-state index contributed by atoms with van der Waals surface area (Å²) in [6, 6.07) is 11.9. The third-order valence-electron chi connectivity index (χ3n) is 6.86. The number of fused-ring (bicyclic) bond motifs is 1. The molecule has 0 aliphatic carbocycles. The van der Waals surface area contributed by atoms with E-state index in [4.69, 9.17) is 4.74 Å². The lowest BCUT2D eigenvalue weighted by atomic mass is 9.93. The van der Waals surface area contributed by atoms with Crippen LogP contribution in [-0.2, 0) is 27.4 Å². The number of carbonyl (C=O) groups is 1. The summed E-state index contributed by atoms with van der Waals surface area (Å²) >= 11 is 1.61. The minimum absolute atomic E-state index is 0.377. The highest BCUT2D eigenvalue weighted by atomic mass is 32.2. The molecule has 2 atom stereocenters. The molecule has 0 fully saturated rings. The Bertz CT molecular complexity index is 1390. The number of benzene rings is 2. The molecule has 4 rings (SSSR count). The molecule has 0 spiro atoms. The van der Waals surface area contributed by atoms with Crippen molar-refractivity contribution in [3.05, 3.63) is 81.5 Å². The first-order valence-corrected chi connectivity index (χ1v) is 14.5. The van der Waals surface area contributed by atoms with Crippen LogP contribution < -0.4 is 4.74 Å². The number of methoxy groups -OCH3 is 1. The standard InChI is InChI=1S/C27H29F3N2O4S2/c1-4-18(2)32(38(34,35)22-7-5-6-20(16-22)27(28,29)30)17-25(33)31-14-12-24-23(13-15-37-24)26(31)19-8-10-21(36-3)11-9-19/h5-11,13,15-16,18,26H,4,12,14,17H2,1-3H3. The van der Waals surface area contributed by atoms with Gasteiger partial charge in [0.2, 0.25) is 15.9 Å². The second kappa shape index (κ2) is 11.1. The Morgan fingerprint density at radius 3 is 2.53 bits per heavy atom. The van der Waals surface area contributed by atoms with Gasteiger partial charge in [-0.1, -0.05) is 25.1 Å². The Hall–Kier alpha value is -2.89. The van der Waals surface area contributed by atoms with Gasteiger partial charge >= 0.3 is 6.18 Å². The summed E-state index contributed by atoms with van der Waals surface area (Å²) in [4.78, 5) is 16.1. The molecular formula is C27H29F3N2O4S2. The van der Waals surface area contributed by atoms with Crippen molar-refractivity contribution in [2.45, 2.75) is 49.8 Å². The Morgan fingerprint density at radius 1 is 1.18 bits per heavy atom. The number of halogens is 3. The fourth-order valence-electron chi connectivity index (χ4n) is 4.60. The molecule has 2 aromatic carbocycles. The lowest BCUT2D eigenvalue weighted by molar-refractivity contribution is -0.138. The fourth-order valence-corrected chi connectivity index (χ4v) is 7.21. The summed E-state index contributed by atoms with van der Waals surface area (Å²) in [5, 5.41) is 1.97. The van der Waals surface area contributed by atoms with E-state index < -0.39 is 51.2 Å². The molecule has 0 N–H and O–H groups in total. The summed E-state index contributed by atoms with van der Waals surface area (Å²) in [7, 11) is -2.83. The molecule has 1 aliphatic heterocycles. The predicted octanol–water partition coefficient (Wildman–Crippen LogP) is 5.74. The molecule has 0 radical (unpaired) electrons. The Morgan fingerprint density at radius 2 is 1.89 bits per heavy atom. The normalized spacial score (nSPS) is 16.8. The average molecular weight is 567 g/mol. The molecular weight excluding hydrogens is 537 g/mol. The van der Waals surface area contributed by atoms with Crippen LogP contribution in [-0.4, -0.2) is 49.8 Å². The second-order valence-corrected chi connectivity index (χ2v) is 12.0. The number of thiophene rings is 1. The van der Waals surface area contributed by atoms with Gasteiger partial charge in [0.05, 0.1) is 30.2 Å². The maximum absolute atomic E-state index is 13.8. The molecule has 0 saturated carbocycles. The molecule has 3 aromatic rings. The van der Waals surface area contributed by atoms with Crippen molar-refractivity contribution in [3.63, 3.8) is 0 Å². The number of alkyl halides is 3. The van der Waals surface area contributed by atoms with Gasteiger partial charge in [-0.25, -0.2) is 8.42 Å². The smallest absolute Gasteiger partial charge is 0.416 e. The molecule has 2 unspecified atom stereocenters. The highest BCUT2D eigenvalue weighted by Crippen LogP contribution is 2.39. The largest absolute Gasteiger partial charge is 0.497 e. The van der Waals surface area contributed by atoms with Crippen LogP contribution in [0.5, 0.6) is 5.75 Å². The first-order chi connectivity index (χ1) is 18.0. The Labute approximate surface area is 224 Å². The van der Waals surface area contributed by atoms with Gasteiger partial charge in [0, 0.05) is 17.5 Å². The predicted molar refractivity (Wildman–Crippen MR) is 140 cm³/mol. The van der Waals surface area contributed by atoms with Gasteiger partial charge in [-0.2, -0.15) is 17.5 Å². The minimum atomic E-state index is -4.69. The summed E-state index contributed by atoms with van der Waals surface area (Å²) in [6.45, 7) is 3.32. The van der Waals surface area contributed by atoms with Gasteiger partial charge in [-0.15, -0.1) is 11.3 Å². The highest BCUT2D eigenvalue weighted by molar-refractivity contribution is 7.89. The van der Waals surface area contributed by atoms with E-state index in [0.29, 0.717) is 31.2 Å². The van der Waals surface area contributed by atoms with E-state index in [0.717, 1.165) is 38.5 Å². The van der Waals surface area contributed by atoms with Crippen molar-refractivity contribution in [1.29, 1.82) is 0 Å². The van der Waals surface area contributed by atoms with Crippen LogP contribution in [0.25, 0.3) is 0 Å². The minimum Gasteiger partial charge on any atom is -0.497 e. The topological polar surface area (TPSA) is 66.9 Å². The van der Waals surface area contributed by atoms with Gasteiger partial charge in [-0.05, 0) is 72.7 Å². The quantitative estimate of drug-likeness (QED) is 0.349. The summed E-state index contributed by atoms with van der Waals surface area (Å²) in [5.41, 5.74) is 0.777. The number of amides is 1. The molecule has 2 heterocycles. The van der Waals surface area contributed by atoms with Crippen LogP contribution in [0, 0.1) is 0 Å². The lowest BCUT2D eigenvalue weighted by Gasteiger charge is -2.38. The van der Waals surface area contributed by atoms with Gasteiger partial charge in [-0.3, -0.25) is 4.79 Å². The Balaban J connectivity index is 1.69.